The lowest BCUT2D eigenvalue weighted by atomic mass is 10.2. The third-order valence-corrected chi connectivity index (χ3v) is 2.56. The zero-order chi connectivity index (χ0) is 13.1. The van der Waals surface area contributed by atoms with Gasteiger partial charge in [-0.05, 0) is 24.3 Å². The van der Waals surface area contributed by atoms with Crippen molar-refractivity contribution in [3.8, 4) is 0 Å². The Hall–Kier alpha value is -1.72. The molecule has 1 aromatic carbocycles. The number of amides is 1. The third kappa shape index (κ3) is 2.75. The lowest BCUT2D eigenvalue weighted by Gasteiger charge is -2.05. The number of aromatic nitrogens is 2. The van der Waals surface area contributed by atoms with E-state index in [2.05, 4.69) is 15.5 Å². The quantitative estimate of drug-likeness (QED) is 0.922. The van der Waals surface area contributed by atoms with Gasteiger partial charge in [0.2, 0.25) is 0 Å². The second-order valence-corrected chi connectivity index (χ2v) is 4.09. The molecule has 0 saturated carbocycles. The minimum absolute atomic E-state index is 0.121. The first-order valence-corrected chi connectivity index (χ1v) is 5.58. The molecule has 0 aliphatic heterocycles. The molecule has 0 fully saturated rings. The number of anilines is 1. The van der Waals surface area contributed by atoms with E-state index < -0.39 is 11.7 Å². The Balaban J connectivity index is 2.22. The Morgan fingerprint density at radius 2 is 1.94 bits per heavy atom. The number of halogens is 3. The van der Waals surface area contributed by atoms with Crippen LogP contribution in [0, 0.1) is 5.82 Å². The molecule has 0 aliphatic rings. The number of carbonyl (C=O) groups excluding carboxylic acids is 1. The fourth-order valence-electron chi connectivity index (χ4n) is 1.25. The number of benzene rings is 1. The van der Waals surface area contributed by atoms with E-state index >= 15 is 0 Å². The smallest absolute Gasteiger partial charge is 0.259 e. The maximum absolute atomic E-state index is 13.6. The van der Waals surface area contributed by atoms with Crippen molar-refractivity contribution in [3.63, 3.8) is 0 Å². The lowest BCUT2D eigenvalue weighted by Crippen LogP contribution is -2.15. The van der Waals surface area contributed by atoms with Crippen LogP contribution < -0.4 is 5.32 Å². The molecule has 1 aromatic heterocycles. The molecular formula is C11H6Cl2FN3O. The Morgan fingerprint density at radius 3 is 2.61 bits per heavy atom. The average Bonchev–Trinajstić information content (AvgIpc) is 2.35. The first-order chi connectivity index (χ1) is 8.58. The molecule has 2 rings (SSSR count). The van der Waals surface area contributed by atoms with Crippen LogP contribution in [0.3, 0.4) is 0 Å². The van der Waals surface area contributed by atoms with Crippen LogP contribution in [0.2, 0.25) is 10.2 Å². The van der Waals surface area contributed by atoms with Crippen LogP contribution in [-0.2, 0) is 0 Å². The highest BCUT2D eigenvalue weighted by molar-refractivity contribution is 6.31. The normalized spacial score (nSPS) is 10.2. The summed E-state index contributed by atoms with van der Waals surface area (Å²) in [6.45, 7) is 0. The Labute approximate surface area is 112 Å². The summed E-state index contributed by atoms with van der Waals surface area (Å²) in [6, 6.07) is 7.07. The summed E-state index contributed by atoms with van der Waals surface area (Å²) in [5, 5.41) is 9.63. The maximum Gasteiger partial charge on any atom is 0.259 e. The van der Waals surface area contributed by atoms with Crippen molar-refractivity contribution in [1.29, 1.82) is 0 Å². The fraction of sp³-hybridized carbons (Fsp3) is 0. The highest BCUT2D eigenvalue weighted by Crippen LogP contribution is 2.18. The van der Waals surface area contributed by atoms with E-state index in [1.807, 2.05) is 0 Å². The van der Waals surface area contributed by atoms with E-state index in [0.29, 0.717) is 0 Å². The molecule has 1 N–H and O–H groups in total. The van der Waals surface area contributed by atoms with Crippen molar-refractivity contribution in [1.82, 2.24) is 10.2 Å². The van der Waals surface area contributed by atoms with Crippen LogP contribution >= 0.6 is 23.2 Å². The van der Waals surface area contributed by atoms with Crippen LogP contribution in [0.15, 0.2) is 30.3 Å². The number of nitrogens with one attached hydrogen (secondary N) is 1. The van der Waals surface area contributed by atoms with E-state index in [9.17, 15) is 9.18 Å². The van der Waals surface area contributed by atoms with Crippen molar-refractivity contribution in [2.24, 2.45) is 0 Å². The second-order valence-electron chi connectivity index (χ2n) is 3.30. The molecule has 92 valence electrons. The van der Waals surface area contributed by atoms with Gasteiger partial charge in [0.05, 0.1) is 10.6 Å². The van der Waals surface area contributed by atoms with Gasteiger partial charge < -0.3 is 5.32 Å². The van der Waals surface area contributed by atoms with Gasteiger partial charge in [0, 0.05) is 0 Å². The van der Waals surface area contributed by atoms with E-state index in [-0.39, 0.29) is 21.6 Å². The summed E-state index contributed by atoms with van der Waals surface area (Å²) in [5.74, 6) is -1.27. The minimum Gasteiger partial charge on any atom is -0.305 e. The van der Waals surface area contributed by atoms with Crippen molar-refractivity contribution in [2.75, 3.05) is 5.32 Å². The first kappa shape index (κ1) is 12.7. The van der Waals surface area contributed by atoms with Crippen molar-refractivity contribution in [2.45, 2.75) is 0 Å². The molecule has 0 bridgehead atoms. The van der Waals surface area contributed by atoms with Crippen LogP contribution in [-0.4, -0.2) is 16.1 Å². The second kappa shape index (κ2) is 5.29. The molecule has 18 heavy (non-hydrogen) atoms. The van der Waals surface area contributed by atoms with Gasteiger partial charge in [-0.2, -0.15) is 0 Å². The molecule has 0 radical (unpaired) electrons. The molecule has 2 aromatic rings. The molecule has 4 nitrogen and oxygen atoms in total. The number of carbonyl (C=O) groups is 1. The zero-order valence-corrected chi connectivity index (χ0v) is 10.3. The number of hydrogen-bond acceptors (Lipinski definition) is 3. The Morgan fingerprint density at radius 1 is 1.17 bits per heavy atom. The zero-order valence-electron chi connectivity index (χ0n) is 8.82. The van der Waals surface area contributed by atoms with Crippen molar-refractivity contribution in [3.05, 3.63) is 51.9 Å². The van der Waals surface area contributed by atoms with Crippen LogP contribution in [0.1, 0.15) is 10.4 Å². The first-order valence-electron chi connectivity index (χ1n) is 4.82. The molecular weight excluding hydrogens is 280 g/mol. The molecule has 0 aliphatic carbocycles. The summed E-state index contributed by atoms with van der Waals surface area (Å²) in [5.41, 5.74) is -0.167. The third-order valence-electron chi connectivity index (χ3n) is 2.07. The van der Waals surface area contributed by atoms with Gasteiger partial charge in [0.1, 0.15) is 0 Å². The largest absolute Gasteiger partial charge is 0.305 e. The summed E-state index contributed by atoms with van der Waals surface area (Å²) in [7, 11) is 0. The highest BCUT2D eigenvalue weighted by Gasteiger charge is 2.14. The van der Waals surface area contributed by atoms with Gasteiger partial charge in [0.15, 0.2) is 16.8 Å². The standard InChI is InChI=1S/C11H6Cl2FN3O/c12-7-3-1-2-6(10(7)14)11(18)15-9-5-4-8(13)16-17-9/h1-5H,(H,15,17,18). The summed E-state index contributed by atoms with van der Waals surface area (Å²) in [6.07, 6.45) is 0. The van der Waals surface area contributed by atoms with E-state index in [1.165, 1.54) is 30.3 Å². The monoisotopic (exact) mass is 285 g/mol. The SMILES string of the molecule is O=C(Nc1ccc(Cl)nn1)c1cccc(Cl)c1F. The van der Waals surface area contributed by atoms with Gasteiger partial charge in [-0.1, -0.05) is 29.3 Å². The average molecular weight is 286 g/mol. The molecule has 0 unspecified atom stereocenters. The number of nitrogens with zero attached hydrogens (tertiary/aromatic N) is 2. The lowest BCUT2D eigenvalue weighted by molar-refractivity contribution is 0.102. The molecule has 0 atom stereocenters. The Bertz CT molecular complexity index is 589. The minimum atomic E-state index is -0.779. The number of hydrogen-bond donors (Lipinski definition) is 1. The van der Waals surface area contributed by atoms with Crippen LogP contribution in [0.5, 0.6) is 0 Å². The summed E-state index contributed by atoms with van der Waals surface area (Å²) in [4.78, 5) is 11.8. The number of rotatable bonds is 2. The molecule has 0 spiro atoms. The van der Waals surface area contributed by atoms with Gasteiger partial charge in [-0.3, -0.25) is 4.79 Å². The van der Waals surface area contributed by atoms with Gasteiger partial charge in [0.25, 0.3) is 5.91 Å². The molecule has 1 amide bonds. The fourth-order valence-corrected chi connectivity index (χ4v) is 1.52. The van der Waals surface area contributed by atoms with Crippen LogP contribution in [0.25, 0.3) is 0 Å². The maximum atomic E-state index is 13.6. The van der Waals surface area contributed by atoms with Gasteiger partial charge in [-0.15, -0.1) is 10.2 Å². The summed E-state index contributed by atoms with van der Waals surface area (Å²) >= 11 is 11.1. The molecule has 0 saturated heterocycles. The van der Waals surface area contributed by atoms with Crippen molar-refractivity contribution < 1.29 is 9.18 Å². The van der Waals surface area contributed by atoms with Crippen molar-refractivity contribution >= 4 is 34.9 Å². The van der Waals surface area contributed by atoms with E-state index in [4.69, 9.17) is 23.2 Å². The summed E-state index contributed by atoms with van der Waals surface area (Å²) < 4.78 is 13.6. The highest BCUT2D eigenvalue weighted by atomic mass is 35.5. The molecule has 7 heteroatoms. The predicted molar refractivity (Wildman–Crippen MR) is 66.4 cm³/mol. The Kier molecular flexibility index (Phi) is 3.74. The topological polar surface area (TPSA) is 54.9 Å². The van der Waals surface area contributed by atoms with E-state index in [0.717, 1.165) is 0 Å². The molecule has 1 heterocycles. The predicted octanol–water partition coefficient (Wildman–Crippen LogP) is 3.17. The van der Waals surface area contributed by atoms with Crippen LogP contribution in [0.4, 0.5) is 10.2 Å². The van der Waals surface area contributed by atoms with Gasteiger partial charge >= 0.3 is 0 Å². The van der Waals surface area contributed by atoms with E-state index in [1.54, 1.807) is 0 Å². The van der Waals surface area contributed by atoms with Gasteiger partial charge in [-0.25, -0.2) is 4.39 Å².